The molecule has 0 aliphatic rings. The molecular weight excluding hydrogens is 345 g/mol. The van der Waals surface area contributed by atoms with Crippen LogP contribution in [0, 0.1) is 11.8 Å². The van der Waals surface area contributed by atoms with Crippen LogP contribution in [0.25, 0.3) is 23.6 Å². The third-order valence-corrected chi connectivity index (χ3v) is 3.51. The Morgan fingerprint density at radius 2 is 2.04 bits per heavy atom. The first-order valence-corrected chi connectivity index (χ1v) is 8.17. The van der Waals surface area contributed by atoms with Gasteiger partial charge < -0.3 is 9.15 Å². The first-order chi connectivity index (χ1) is 12.2. The monoisotopic (exact) mass is 366 g/mol. The van der Waals surface area contributed by atoms with E-state index >= 15 is 0 Å². The number of pyridine rings is 1. The lowest BCUT2D eigenvalue weighted by molar-refractivity contribution is -0.156. The molecule has 2 heterocycles. The average Bonchev–Trinajstić information content (AvgIpc) is 3.00. The number of allylic oxidation sites excluding steroid dienone is 1. The number of aromatic nitrogens is 2. The summed E-state index contributed by atoms with van der Waals surface area (Å²) in [4.78, 5) is 8.33. The van der Waals surface area contributed by atoms with Crippen molar-refractivity contribution in [1.29, 1.82) is 0 Å². The van der Waals surface area contributed by atoms with Crippen molar-refractivity contribution < 1.29 is 22.3 Å². The fourth-order valence-corrected chi connectivity index (χ4v) is 1.99. The minimum atomic E-state index is -4.31. The van der Waals surface area contributed by atoms with Crippen LogP contribution in [0.3, 0.4) is 0 Å². The molecule has 2 aromatic heterocycles. The third-order valence-electron chi connectivity index (χ3n) is 3.51. The number of ether oxygens (including phenoxy) is 1. The van der Waals surface area contributed by atoms with E-state index in [-0.39, 0.29) is 11.7 Å². The van der Waals surface area contributed by atoms with Gasteiger partial charge in [-0.15, -0.1) is 0 Å². The van der Waals surface area contributed by atoms with Crippen LogP contribution in [0.15, 0.2) is 35.5 Å². The van der Waals surface area contributed by atoms with E-state index in [1.54, 1.807) is 18.5 Å². The SMILES string of the molecule is C=Cc1nc(-c2ccncc2OCC(C)C)oc1/C=C\C(C)C(F)(F)F. The molecule has 0 aromatic carbocycles. The highest BCUT2D eigenvalue weighted by Crippen LogP contribution is 2.32. The van der Waals surface area contributed by atoms with E-state index in [1.165, 1.54) is 12.2 Å². The van der Waals surface area contributed by atoms with E-state index in [9.17, 15) is 13.2 Å². The molecule has 0 spiro atoms. The van der Waals surface area contributed by atoms with Gasteiger partial charge in [0, 0.05) is 6.20 Å². The summed E-state index contributed by atoms with van der Waals surface area (Å²) in [7, 11) is 0. The molecule has 0 aliphatic heterocycles. The van der Waals surface area contributed by atoms with Gasteiger partial charge in [0.15, 0.2) is 5.76 Å². The fraction of sp³-hybridized carbons (Fsp3) is 0.368. The molecule has 0 N–H and O–H groups in total. The van der Waals surface area contributed by atoms with E-state index in [4.69, 9.17) is 9.15 Å². The van der Waals surface area contributed by atoms with Crippen molar-refractivity contribution in [1.82, 2.24) is 9.97 Å². The summed E-state index contributed by atoms with van der Waals surface area (Å²) in [5.41, 5.74) is 0.935. The number of alkyl halides is 3. The van der Waals surface area contributed by atoms with Gasteiger partial charge in [-0.05, 0) is 24.1 Å². The van der Waals surface area contributed by atoms with Crippen molar-refractivity contribution in [3.63, 3.8) is 0 Å². The number of oxazole rings is 1. The van der Waals surface area contributed by atoms with E-state index in [1.807, 2.05) is 13.8 Å². The van der Waals surface area contributed by atoms with Crippen LogP contribution < -0.4 is 4.74 Å². The van der Waals surface area contributed by atoms with Crippen molar-refractivity contribution in [2.75, 3.05) is 6.61 Å². The summed E-state index contributed by atoms with van der Waals surface area (Å²) in [6.45, 7) is 9.23. The van der Waals surface area contributed by atoms with E-state index in [0.717, 1.165) is 13.0 Å². The molecule has 1 unspecified atom stereocenters. The molecule has 140 valence electrons. The number of hydrogen-bond acceptors (Lipinski definition) is 4. The molecular formula is C19H21F3N2O2. The minimum absolute atomic E-state index is 0.206. The molecule has 2 rings (SSSR count). The van der Waals surface area contributed by atoms with Crippen molar-refractivity contribution >= 4 is 12.2 Å². The summed E-state index contributed by atoms with van der Waals surface area (Å²) < 4.78 is 49.4. The van der Waals surface area contributed by atoms with Gasteiger partial charge in [0.2, 0.25) is 5.89 Å². The molecule has 0 radical (unpaired) electrons. The molecule has 1 atom stereocenters. The fourth-order valence-electron chi connectivity index (χ4n) is 1.99. The van der Waals surface area contributed by atoms with E-state index in [2.05, 4.69) is 16.5 Å². The lowest BCUT2D eigenvalue weighted by Gasteiger charge is -2.10. The Hall–Kier alpha value is -2.57. The van der Waals surface area contributed by atoms with Crippen LogP contribution in [0.1, 0.15) is 32.2 Å². The van der Waals surface area contributed by atoms with Crippen LogP contribution in [-0.4, -0.2) is 22.8 Å². The summed E-state index contributed by atoms with van der Waals surface area (Å²) in [6.07, 6.45) is 2.53. The van der Waals surface area contributed by atoms with Crippen molar-refractivity contribution in [3.8, 4) is 17.2 Å². The first kappa shape index (κ1) is 19.8. The van der Waals surface area contributed by atoms with Crippen molar-refractivity contribution in [2.45, 2.75) is 26.9 Å². The van der Waals surface area contributed by atoms with Crippen LogP contribution in [-0.2, 0) is 0 Å². The maximum Gasteiger partial charge on any atom is 0.394 e. The van der Waals surface area contributed by atoms with E-state index < -0.39 is 12.1 Å². The molecule has 0 amide bonds. The zero-order chi connectivity index (χ0) is 19.3. The largest absolute Gasteiger partial charge is 0.491 e. The quantitative estimate of drug-likeness (QED) is 0.637. The Labute approximate surface area is 150 Å². The van der Waals surface area contributed by atoms with Gasteiger partial charge >= 0.3 is 6.18 Å². The first-order valence-electron chi connectivity index (χ1n) is 8.17. The van der Waals surface area contributed by atoms with Crippen molar-refractivity contribution in [3.05, 3.63) is 42.6 Å². The van der Waals surface area contributed by atoms with Gasteiger partial charge in [-0.25, -0.2) is 4.98 Å². The third kappa shape index (κ3) is 4.97. The van der Waals surface area contributed by atoms with Gasteiger partial charge in [-0.3, -0.25) is 4.98 Å². The minimum Gasteiger partial charge on any atom is -0.491 e. The summed E-state index contributed by atoms with van der Waals surface area (Å²) in [5.74, 6) is -0.339. The summed E-state index contributed by atoms with van der Waals surface area (Å²) in [5, 5.41) is 0. The van der Waals surface area contributed by atoms with Gasteiger partial charge in [0.05, 0.1) is 24.3 Å². The normalized spacial score (nSPS) is 13.3. The van der Waals surface area contributed by atoms with Gasteiger partial charge in [0.1, 0.15) is 11.4 Å². The predicted octanol–water partition coefficient (Wildman–Crippen LogP) is 5.63. The summed E-state index contributed by atoms with van der Waals surface area (Å²) >= 11 is 0. The van der Waals surface area contributed by atoms with Gasteiger partial charge in [0.25, 0.3) is 0 Å². The maximum atomic E-state index is 12.7. The molecule has 2 aromatic rings. The van der Waals surface area contributed by atoms with Crippen molar-refractivity contribution in [2.24, 2.45) is 11.8 Å². The maximum absolute atomic E-state index is 12.7. The second kappa shape index (κ2) is 8.21. The molecule has 26 heavy (non-hydrogen) atoms. The predicted molar refractivity (Wildman–Crippen MR) is 94.4 cm³/mol. The molecule has 0 saturated heterocycles. The van der Waals surface area contributed by atoms with Gasteiger partial charge in [-0.1, -0.05) is 33.4 Å². The lowest BCUT2D eigenvalue weighted by atomic mass is 10.1. The Morgan fingerprint density at radius 3 is 2.65 bits per heavy atom. The van der Waals surface area contributed by atoms with Crippen LogP contribution in [0.4, 0.5) is 13.2 Å². The Balaban J connectivity index is 2.34. The topological polar surface area (TPSA) is 48.2 Å². The second-order valence-electron chi connectivity index (χ2n) is 6.24. The zero-order valence-corrected chi connectivity index (χ0v) is 14.9. The highest BCUT2D eigenvalue weighted by atomic mass is 19.4. The lowest BCUT2D eigenvalue weighted by Crippen LogP contribution is -2.17. The molecule has 0 saturated carbocycles. The highest BCUT2D eigenvalue weighted by molar-refractivity contribution is 5.66. The molecule has 7 heteroatoms. The summed E-state index contributed by atoms with van der Waals surface area (Å²) in [6, 6.07) is 1.68. The second-order valence-corrected chi connectivity index (χ2v) is 6.24. The van der Waals surface area contributed by atoms with E-state index in [0.29, 0.717) is 29.5 Å². The Morgan fingerprint density at radius 1 is 1.31 bits per heavy atom. The van der Waals surface area contributed by atoms with Crippen LogP contribution >= 0.6 is 0 Å². The highest BCUT2D eigenvalue weighted by Gasteiger charge is 2.34. The number of hydrogen-bond donors (Lipinski definition) is 0. The molecule has 0 aliphatic carbocycles. The van der Waals surface area contributed by atoms with Crippen LogP contribution in [0.5, 0.6) is 5.75 Å². The molecule has 0 bridgehead atoms. The average molecular weight is 366 g/mol. The smallest absolute Gasteiger partial charge is 0.394 e. The standard InChI is InChI=1S/C19H21F3N2O2/c1-5-15-16(7-6-13(4)19(20,21)22)26-18(24-15)14-8-9-23-10-17(14)25-11-12(2)3/h5-10,12-13H,1,11H2,2-4H3/b7-6-. The number of nitrogens with zero attached hydrogens (tertiary/aromatic N) is 2. The van der Waals surface area contributed by atoms with Crippen LogP contribution in [0.2, 0.25) is 0 Å². The Bertz CT molecular complexity index is 779. The Kier molecular flexibility index (Phi) is 6.23. The molecule has 4 nitrogen and oxygen atoms in total. The van der Waals surface area contributed by atoms with Gasteiger partial charge in [-0.2, -0.15) is 13.2 Å². The number of rotatable bonds is 7. The molecule has 0 fully saturated rings. The zero-order valence-electron chi connectivity index (χ0n) is 14.9. The number of halogens is 3.